The van der Waals surface area contributed by atoms with Gasteiger partial charge >= 0.3 is 0 Å². The highest BCUT2D eigenvalue weighted by Crippen LogP contribution is 2.31. The van der Waals surface area contributed by atoms with Crippen LogP contribution in [0.1, 0.15) is 48.4 Å². The van der Waals surface area contributed by atoms with Crippen molar-refractivity contribution < 1.29 is 9.18 Å². The average molecular weight is 483 g/mol. The van der Waals surface area contributed by atoms with Gasteiger partial charge in [0, 0.05) is 19.0 Å². The third kappa shape index (κ3) is 4.48. The van der Waals surface area contributed by atoms with Gasteiger partial charge in [-0.25, -0.2) is 9.37 Å². The van der Waals surface area contributed by atoms with Gasteiger partial charge in [0.05, 0.1) is 23.6 Å². The minimum atomic E-state index is -0.230. The summed E-state index contributed by atoms with van der Waals surface area (Å²) < 4.78 is 15.7. The Hall–Kier alpha value is -3.67. The average Bonchev–Trinajstić information content (AvgIpc) is 3.28. The molecule has 1 aliphatic heterocycles. The predicted molar refractivity (Wildman–Crippen MR) is 140 cm³/mol. The van der Waals surface area contributed by atoms with Gasteiger partial charge in [-0.15, -0.1) is 0 Å². The van der Waals surface area contributed by atoms with Crippen LogP contribution >= 0.6 is 0 Å². The van der Waals surface area contributed by atoms with Crippen molar-refractivity contribution in [2.75, 3.05) is 18.0 Å². The van der Waals surface area contributed by atoms with E-state index in [1.165, 1.54) is 23.3 Å². The first-order valence-corrected chi connectivity index (χ1v) is 13.0. The lowest BCUT2D eigenvalue weighted by Gasteiger charge is -2.34. The van der Waals surface area contributed by atoms with E-state index in [9.17, 15) is 9.18 Å². The molecule has 184 valence electrons. The highest BCUT2D eigenvalue weighted by atomic mass is 19.1. The van der Waals surface area contributed by atoms with Crippen LogP contribution in [0.15, 0.2) is 72.8 Å². The molecule has 1 amide bonds. The van der Waals surface area contributed by atoms with Gasteiger partial charge in [-0.2, -0.15) is 0 Å². The summed E-state index contributed by atoms with van der Waals surface area (Å²) in [6, 6.07) is 23.4. The molecule has 4 aromatic rings. The molecule has 0 unspecified atom stereocenters. The molecule has 1 saturated heterocycles. The number of imidazole rings is 1. The molecule has 6 rings (SSSR count). The maximum absolute atomic E-state index is 13.5. The van der Waals surface area contributed by atoms with Crippen LogP contribution in [0.4, 0.5) is 10.3 Å². The molecule has 36 heavy (non-hydrogen) atoms. The number of hydrogen-bond donors (Lipinski definition) is 1. The molecular formula is C30H31FN4O. The van der Waals surface area contributed by atoms with Gasteiger partial charge in [0.25, 0.3) is 0 Å². The van der Waals surface area contributed by atoms with E-state index in [4.69, 9.17) is 4.98 Å². The van der Waals surface area contributed by atoms with Crippen LogP contribution in [0.2, 0.25) is 0 Å². The molecule has 1 atom stereocenters. The van der Waals surface area contributed by atoms with E-state index >= 15 is 0 Å². The number of nitrogens with one attached hydrogen (secondary N) is 1. The van der Waals surface area contributed by atoms with E-state index in [0.29, 0.717) is 6.54 Å². The molecule has 0 bridgehead atoms. The number of piperidine rings is 1. The number of aryl methyl sites for hydroxylation is 1. The van der Waals surface area contributed by atoms with E-state index in [0.717, 1.165) is 67.7 Å². The molecule has 0 saturated carbocycles. The van der Waals surface area contributed by atoms with Gasteiger partial charge in [-0.3, -0.25) is 4.79 Å². The van der Waals surface area contributed by atoms with Crippen molar-refractivity contribution in [2.45, 2.75) is 44.7 Å². The van der Waals surface area contributed by atoms with Crippen molar-refractivity contribution in [2.24, 2.45) is 5.92 Å². The molecule has 0 radical (unpaired) electrons. The molecule has 1 aromatic heterocycles. The lowest BCUT2D eigenvalue weighted by molar-refractivity contribution is -0.126. The van der Waals surface area contributed by atoms with Crippen molar-refractivity contribution in [3.63, 3.8) is 0 Å². The first-order valence-electron chi connectivity index (χ1n) is 13.0. The number of halogens is 1. The van der Waals surface area contributed by atoms with Crippen LogP contribution in [0.3, 0.4) is 0 Å². The number of carbonyl (C=O) groups is 1. The number of hydrogen-bond acceptors (Lipinski definition) is 3. The lowest BCUT2D eigenvalue weighted by Crippen LogP contribution is -2.42. The van der Waals surface area contributed by atoms with E-state index < -0.39 is 0 Å². The highest BCUT2D eigenvalue weighted by Gasteiger charge is 2.30. The van der Waals surface area contributed by atoms with Gasteiger partial charge in [-0.05, 0) is 73.1 Å². The fourth-order valence-electron chi connectivity index (χ4n) is 5.77. The summed E-state index contributed by atoms with van der Waals surface area (Å²) in [5.41, 5.74) is 5.69. The standard InChI is InChI=1S/C30H31FN4O/c31-24-14-12-21(13-15-24)20-35-28-11-4-3-9-27(28)33-30(35)34-18-16-23(17-19-34)29(36)32-26-10-5-7-22-6-1-2-8-25(22)26/h1-4,6,8-9,11-15,23,26H,5,7,10,16-20H2,(H,32,36)/t26-/m0/s1. The number of rotatable bonds is 5. The number of aromatic nitrogens is 2. The summed E-state index contributed by atoms with van der Waals surface area (Å²) in [5.74, 6) is 0.883. The molecule has 2 aliphatic rings. The van der Waals surface area contributed by atoms with Gasteiger partial charge < -0.3 is 14.8 Å². The number of para-hydroxylation sites is 2. The number of carbonyl (C=O) groups excluding carboxylic acids is 1. The lowest BCUT2D eigenvalue weighted by atomic mass is 9.87. The van der Waals surface area contributed by atoms with Crippen molar-refractivity contribution in [1.29, 1.82) is 0 Å². The Morgan fingerprint density at radius 2 is 1.69 bits per heavy atom. The molecule has 1 aliphatic carbocycles. The zero-order chi connectivity index (χ0) is 24.5. The van der Waals surface area contributed by atoms with E-state index in [2.05, 4.69) is 45.1 Å². The van der Waals surface area contributed by atoms with Crippen molar-refractivity contribution >= 4 is 22.9 Å². The van der Waals surface area contributed by atoms with Crippen molar-refractivity contribution in [1.82, 2.24) is 14.9 Å². The molecule has 6 heteroatoms. The third-order valence-electron chi connectivity index (χ3n) is 7.72. The van der Waals surface area contributed by atoms with Gasteiger partial charge in [0.2, 0.25) is 11.9 Å². The topological polar surface area (TPSA) is 50.2 Å². The van der Waals surface area contributed by atoms with E-state index in [1.807, 2.05) is 30.3 Å². The molecular weight excluding hydrogens is 451 g/mol. The summed E-state index contributed by atoms with van der Waals surface area (Å²) in [6.07, 6.45) is 4.83. The highest BCUT2D eigenvalue weighted by molar-refractivity contribution is 5.80. The van der Waals surface area contributed by atoms with E-state index in [-0.39, 0.29) is 23.7 Å². The predicted octanol–water partition coefficient (Wildman–Crippen LogP) is 5.63. The number of fused-ring (bicyclic) bond motifs is 2. The Labute approximate surface area is 211 Å². The third-order valence-corrected chi connectivity index (χ3v) is 7.72. The summed E-state index contributed by atoms with van der Waals surface area (Å²) in [7, 11) is 0. The smallest absolute Gasteiger partial charge is 0.223 e. The first-order chi connectivity index (χ1) is 17.7. The van der Waals surface area contributed by atoms with Crippen LogP contribution in [0, 0.1) is 11.7 Å². The Morgan fingerprint density at radius 1 is 0.944 bits per heavy atom. The quantitative estimate of drug-likeness (QED) is 0.401. The molecule has 5 nitrogen and oxygen atoms in total. The van der Waals surface area contributed by atoms with Gasteiger partial charge in [-0.1, -0.05) is 48.5 Å². The van der Waals surface area contributed by atoms with Crippen LogP contribution in [0.5, 0.6) is 0 Å². The summed E-state index contributed by atoms with van der Waals surface area (Å²) >= 11 is 0. The van der Waals surface area contributed by atoms with Crippen molar-refractivity contribution in [3.8, 4) is 0 Å². The van der Waals surface area contributed by atoms with Crippen LogP contribution in [-0.4, -0.2) is 28.5 Å². The SMILES string of the molecule is O=C(N[C@H]1CCCc2ccccc21)C1CCN(c2nc3ccccc3n2Cc2ccc(F)cc2)CC1. The maximum atomic E-state index is 13.5. The Morgan fingerprint density at radius 3 is 2.53 bits per heavy atom. The number of amides is 1. The fourth-order valence-corrected chi connectivity index (χ4v) is 5.77. The molecule has 0 spiro atoms. The second-order valence-electron chi connectivity index (χ2n) is 10.0. The summed E-state index contributed by atoms with van der Waals surface area (Å²) in [6.45, 7) is 2.19. The van der Waals surface area contributed by atoms with Crippen LogP contribution in [0.25, 0.3) is 11.0 Å². The number of nitrogens with zero attached hydrogens (tertiary/aromatic N) is 3. The minimum Gasteiger partial charge on any atom is -0.349 e. The molecule has 1 N–H and O–H groups in total. The van der Waals surface area contributed by atoms with Crippen LogP contribution < -0.4 is 10.2 Å². The maximum Gasteiger partial charge on any atom is 0.223 e. The first kappa shape index (κ1) is 22.8. The van der Waals surface area contributed by atoms with Crippen molar-refractivity contribution in [3.05, 3.63) is 95.3 Å². The number of anilines is 1. The fraction of sp³-hybridized carbons (Fsp3) is 0.333. The Bertz CT molecular complexity index is 1370. The largest absolute Gasteiger partial charge is 0.349 e. The van der Waals surface area contributed by atoms with E-state index in [1.54, 1.807) is 0 Å². The Kier molecular flexibility index (Phi) is 6.18. The monoisotopic (exact) mass is 482 g/mol. The van der Waals surface area contributed by atoms with Gasteiger partial charge in [0.15, 0.2) is 0 Å². The van der Waals surface area contributed by atoms with Crippen LogP contribution in [-0.2, 0) is 17.8 Å². The minimum absolute atomic E-state index is 0.0188. The second kappa shape index (κ2) is 9.76. The molecule has 3 aromatic carbocycles. The Balaban J connectivity index is 1.16. The molecule has 1 fully saturated rings. The molecule has 2 heterocycles. The second-order valence-corrected chi connectivity index (χ2v) is 10.0. The number of benzene rings is 3. The summed E-state index contributed by atoms with van der Waals surface area (Å²) in [5, 5.41) is 3.36. The normalized spacial score (nSPS) is 18.2. The zero-order valence-corrected chi connectivity index (χ0v) is 20.4. The zero-order valence-electron chi connectivity index (χ0n) is 20.4. The van der Waals surface area contributed by atoms with Gasteiger partial charge in [0.1, 0.15) is 5.82 Å². The summed E-state index contributed by atoms with van der Waals surface area (Å²) in [4.78, 5) is 20.5.